The second-order valence-corrected chi connectivity index (χ2v) is 5.60. The van der Waals surface area contributed by atoms with Gasteiger partial charge in [-0.1, -0.05) is 18.2 Å². The number of hydrogen-bond donors (Lipinski definition) is 1. The largest absolute Gasteiger partial charge is 0.493 e. The van der Waals surface area contributed by atoms with E-state index in [0.29, 0.717) is 18.8 Å². The van der Waals surface area contributed by atoms with Crippen LogP contribution < -0.4 is 10.1 Å². The van der Waals surface area contributed by atoms with Crippen LogP contribution in [-0.2, 0) is 9.53 Å². The summed E-state index contributed by atoms with van der Waals surface area (Å²) in [6, 6.07) is 8.01. The molecule has 1 aromatic carbocycles. The minimum atomic E-state index is -0.0463. The van der Waals surface area contributed by atoms with Crippen LogP contribution in [0.4, 0.5) is 0 Å². The van der Waals surface area contributed by atoms with Crippen LogP contribution in [0, 0.1) is 0 Å². The van der Waals surface area contributed by atoms with Crippen LogP contribution in [0.3, 0.4) is 0 Å². The van der Waals surface area contributed by atoms with Gasteiger partial charge in [0.25, 0.3) is 0 Å². The number of carbonyl (C=O) groups excluding carboxylic acids is 1. The smallest absolute Gasteiger partial charge is 0.150 e. The summed E-state index contributed by atoms with van der Waals surface area (Å²) in [5.41, 5.74) is 1.17. The van der Waals surface area contributed by atoms with E-state index in [1.165, 1.54) is 5.56 Å². The molecule has 0 amide bonds. The molecule has 1 aromatic rings. The summed E-state index contributed by atoms with van der Waals surface area (Å²) >= 11 is 0. The fourth-order valence-corrected chi connectivity index (χ4v) is 3.14. The number of Topliss-reactive ketones (excluding diaryl/α,β-unsaturated/α-hetero) is 1. The molecule has 108 valence electrons. The Bertz CT molecular complexity index is 488. The van der Waals surface area contributed by atoms with E-state index >= 15 is 0 Å². The van der Waals surface area contributed by atoms with E-state index < -0.39 is 0 Å². The average molecular weight is 275 g/mol. The third-order valence-electron chi connectivity index (χ3n) is 4.34. The normalized spacial score (nSPS) is 28.8. The number of ether oxygens (including phenoxy) is 2. The number of ketones is 1. The third-order valence-corrected chi connectivity index (χ3v) is 4.34. The Balaban J connectivity index is 1.65. The highest BCUT2D eigenvalue weighted by atomic mass is 16.5. The molecule has 0 radical (unpaired) electrons. The molecule has 2 aliphatic heterocycles. The summed E-state index contributed by atoms with van der Waals surface area (Å²) in [4.78, 5) is 12.4. The Kier molecular flexibility index (Phi) is 4.03. The van der Waals surface area contributed by atoms with Crippen LogP contribution >= 0.6 is 0 Å². The van der Waals surface area contributed by atoms with Crippen molar-refractivity contribution in [2.75, 3.05) is 20.3 Å². The summed E-state index contributed by atoms with van der Waals surface area (Å²) in [6.07, 6.45) is 2.48. The fourth-order valence-electron chi connectivity index (χ4n) is 3.14. The number of carbonyl (C=O) groups is 1. The summed E-state index contributed by atoms with van der Waals surface area (Å²) in [6.45, 7) is 1.48. The molecule has 0 spiro atoms. The first-order chi connectivity index (χ1) is 9.78. The van der Waals surface area contributed by atoms with Crippen molar-refractivity contribution in [1.82, 2.24) is 5.32 Å². The molecular weight excluding hydrogens is 254 g/mol. The Morgan fingerprint density at radius 1 is 1.45 bits per heavy atom. The van der Waals surface area contributed by atoms with Crippen LogP contribution in [0.5, 0.6) is 5.75 Å². The Morgan fingerprint density at radius 3 is 3.10 bits per heavy atom. The van der Waals surface area contributed by atoms with Gasteiger partial charge in [0.15, 0.2) is 0 Å². The van der Waals surface area contributed by atoms with Crippen LogP contribution in [0.15, 0.2) is 24.3 Å². The van der Waals surface area contributed by atoms with E-state index in [1.807, 2.05) is 18.2 Å². The van der Waals surface area contributed by atoms with E-state index in [9.17, 15) is 4.79 Å². The van der Waals surface area contributed by atoms with Crippen molar-refractivity contribution in [3.8, 4) is 5.75 Å². The molecule has 3 rings (SSSR count). The van der Waals surface area contributed by atoms with E-state index in [4.69, 9.17) is 9.47 Å². The predicted octanol–water partition coefficient (Wildman–Crippen LogP) is 1.89. The maximum absolute atomic E-state index is 12.4. The van der Waals surface area contributed by atoms with Gasteiger partial charge in [-0.15, -0.1) is 0 Å². The Labute approximate surface area is 119 Å². The molecule has 1 N–H and O–H groups in total. The molecule has 4 heteroatoms. The lowest BCUT2D eigenvalue weighted by Crippen LogP contribution is -2.32. The molecule has 3 atom stereocenters. The van der Waals surface area contributed by atoms with Gasteiger partial charge in [0, 0.05) is 20.1 Å². The van der Waals surface area contributed by atoms with Gasteiger partial charge in [-0.05, 0) is 30.4 Å². The molecule has 2 aliphatic rings. The number of para-hydroxylation sites is 1. The third kappa shape index (κ3) is 2.72. The average Bonchev–Trinajstić information content (AvgIpc) is 2.97. The Hall–Kier alpha value is -1.39. The SMILES string of the molecule is COC1CNC(C(=O)CC2CCOc3ccccc32)C1. The molecule has 2 heterocycles. The van der Waals surface area contributed by atoms with Crippen LogP contribution in [0.2, 0.25) is 0 Å². The van der Waals surface area contributed by atoms with E-state index in [0.717, 1.165) is 25.1 Å². The number of methoxy groups -OCH3 is 1. The summed E-state index contributed by atoms with van der Waals surface area (Å²) in [7, 11) is 1.70. The first-order valence-corrected chi connectivity index (χ1v) is 7.28. The van der Waals surface area contributed by atoms with Crippen molar-refractivity contribution in [3.05, 3.63) is 29.8 Å². The van der Waals surface area contributed by atoms with Gasteiger partial charge in [0.2, 0.25) is 0 Å². The zero-order valence-corrected chi connectivity index (χ0v) is 11.8. The van der Waals surface area contributed by atoms with Crippen molar-refractivity contribution in [1.29, 1.82) is 0 Å². The number of nitrogens with one attached hydrogen (secondary N) is 1. The summed E-state index contributed by atoms with van der Waals surface area (Å²) in [5, 5.41) is 3.27. The van der Waals surface area contributed by atoms with Crippen LogP contribution in [0.25, 0.3) is 0 Å². The number of fused-ring (bicyclic) bond motifs is 1. The van der Waals surface area contributed by atoms with Gasteiger partial charge in [-0.3, -0.25) is 4.79 Å². The highest BCUT2D eigenvalue weighted by Gasteiger charge is 2.32. The maximum atomic E-state index is 12.4. The lowest BCUT2D eigenvalue weighted by molar-refractivity contribution is -0.121. The van der Waals surface area contributed by atoms with Gasteiger partial charge >= 0.3 is 0 Å². The first kappa shape index (κ1) is 13.6. The van der Waals surface area contributed by atoms with Gasteiger partial charge in [0.05, 0.1) is 18.8 Å². The van der Waals surface area contributed by atoms with Gasteiger partial charge < -0.3 is 14.8 Å². The molecule has 1 saturated heterocycles. The van der Waals surface area contributed by atoms with E-state index in [1.54, 1.807) is 7.11 Å². The molecule has 4 nitrogen and oxygen atoms in total. The molecule has 3 unspecified atom stereocenters. The second kappa shape index (κ2) is 5.94. The van der Waals surface area contributed by atoms with Crippen molar-refractivity contribution in [2.24, 2.45) is 0 Å². The van der Waals surface area contributed by atoms with Crippen LogP contribution in [-0.4, -0.2) is 38.2 Å². The summed E-state index contributed by atoms with van der Waals surface area (Å²) in [5.74, 6) is 1.52. The zero-order chi connectivity index (χ0) is 13.9. The lowest BCUT2D eigenvalue weighted by Gasteiger charge is -2.26. The number of rotatable bonds is 4. The fraction of sp³-hybridized carbons (Fsp3) is 0.562. The zero-order valence-electron chi connectivity index (χ0n) is 11.8. The monoisotopic (exact) mass is 275 g/mol. The molecule has 1 fully saturated rings. The molecule has 0 aliphatic carbocycles. The maximum Gasteiger partial charge on any atom is 0.150 e. The van der Waals surface area contributed by atoms with Gasteiger partial charge in [0.1, 0.15) is 11.5 Å². The summed E-state index contributed by atoms with van der Waals surface area (Å²) < 4.78 is 11.0. The van der Waals surface area contributed by atoms with Crippen molar-refractivity contribution in [2.45, 2.75) is 37.3 Å². The predicted molar refractivity (Wildman–Crippen MR) is 76.1 cm³/mol. The molecule has 0 aromatic heterocycles. The minimum absolute atomic E-state index is 0.0463. The lowest BCUT2D eigenvalue weighted by atomic mass is 9.87. The van der Waals surface area contributed by atoms with Crippen LogP contribution in [0.1, 0.15) is 30.7 Å². The van der Waals surface area contributed by atoms with E-state index in [-0.39, 0.29) is 18.1 Å². The van der Waals surface area contributed by atoms with Crippen molar-refractivity contribution < 1.29 is 14.3 Å². The van der Waals surface area contributed by atoms with Crippen molar-refractivity contribution >= 4 is 5.78 Å². The molecule has 20 heavy (non-hydrogen) atoms. The number of hydrogen-bond acceptors (Lipinski definition) is 4. The quantitative estimate of drug-likeness (QED) is 0.911. The highest BCUT2D eigenvalue weighted by Crippen LogP contribution is 2.36. The molecule has 0 bridgehead atoms. The second-order valence-electron chi connectivity index (χ2n) is 5.60. The van der Waals surface area contributed by atoms with Gasteiger partial charge in [-0.25, -0.2) is 0 Å². The topological polar surface area (TPSA) is 47.6 Å². The number of benzene rings is 1. The van der Waals surface area contributed by atoms with Gasteiger partial charge in [-0.2, -0.15) is 0 Å². The Morgan fingerprint density at radius 2 is 2.30 bits per heavy atom. The van der Waals surface area contributed by atoms with E-state index in [2.05, 4.69) is 11.4 Å². The molecular formula is C16H21NO3. The molecule has 0 saturated carbocycles. The minimum Gasteiger partial charge on any atom is -0.493 e. The first-order valence-electron chi connectivity index (χ1n) is 7.28. The van der Waals surface area contributed by atoms with Crippen molar-refractivity contribution in [3.63, 3.8) is 0 Å². The standard InChI is InChI=1S/C16H21NO3/c1-19-12-9-14(17-10-12)15(18)8-11-6-7-20-16-5-3-2-4-13(11)16/h2-5,11-12,14,17H,6-10H2,1H3. The highest BCUT2D eigenvalue weighted by molar-refractivity contribution is 5.85.